The van der Waals surface area contributed by atoms with Gasteiger partial charge in [-0.1, -0.05) is 6.92 Å². The second kappa shape index (κ2) is 6.64. The Morgan fingerprint density at radius 1 is 1.41 bits per heavy atom. The van der Waals surface area contributed by atoms with Crippen molar-refractivity contribution in [3.63, 3.8) is 0 Å². The highest BCUT2D eigenvalue weighted by molar-refractivity contribution is 5.76. The second-order valence-corrected chi connectivity index (χ2v) is 5.60. The quantitative estimate of drug-likeness (QED) is 0.942. The van der Waals surface area contributed by atoms with Crippen molar-refractivity contribution >= 4 is 5.91 Å². The maximum atomic E-state index is 11.8. The molecule has 0 fully saturated rings. The van der Waals surface area contributed by atoms with Gasteiger partial charge in [-0.2, -0.15) is 0 Å². The molecule has 1 aliphatic carbocycles. The minimum absolute atomic E-state index is 0.0470. The van der Waals surface area contributed by atoms with Gasteiger partial charge in [0.2, 0.25) is 5.91 Å². The van der Waals surface area contributed by atoms with Crippen molar-refractivity contribution in [2.24, 2.45) is 0 Å². The van der Waals surface area contributed by atoms with Crippen LogP contribution in [0, 0.1) is 0 Å². The highest BCUT2D eigenvalue weighted by Gasteiger charge is 2.23. The van der Waals surface area contributed by atoms with E-state index < -0.39 is 0 Å². The number of nitrogens with one attached hydrogen (secondary N) is 1. The zero-order valence-electron chi connectivity index (χ0n) is 12.7. The van der Waals surface area contributed by atoms with Crippen LogP contribution < -0.4 is 5.32 Å². The smallest absolute Gasteiger partial charge is 0.220 e. The standard InChI is InChI=1S/C17H20N4O/c1-2-5-16(22)20-14-7-3-8-15-13(14)11-19-17(21-15)12-6-4-9-18-10-12/h4,6,9-11,14H,2-3,5,7-8H2,1H3,(H,20,22)/t14-/m0/s1. The molecule has 2 aromatic heterocycles. The van der Waals surface area contributed by atoms with Gasteiger partial charge < -0.3 is 5.32 Å². The molecule has 3 rings (SSSR count). The summed E-state index contributed by atoms with van der Waals surface area (Å²) in [6.07, 6.45) is 9.73. The number of rotatable bonds is 4. The molecule has 1 N–H and O–H groups in total. The number of amides is 1. The van der Waals surface area contributed by atoms with Crippen LogP contribution in [0.4, 0.5) is 0 Å². The van der Waals surface area contributed by atoms with Crippen molar-refractivity contribution in [1.82, 2.24) is 20.3 Å². The summed E-state index contributed by atoms with van der Waals surface area (Å²) in [5, 5.41) is 3.10. The van der Waals surface area contributed by atoms with Crippen LogP contribution >= 0.6 is 0 Å². The third-order valence-electron chi connectivity index (χ3n) is 3.91. The Hall–Kier alpha value is -2.30. The van der Waals surface area contributed by atoms with Gasteiger partial charge in [-0.15, -0.1) is 0 Å². The lowest BCUT2D eigenvalue weighted by Gasteiger charge is -2.25. The number of carbonyl (C=O) groups is 1. The summed E-state index contributed by atoms with van der Waals surface area (Å²) in [5.41, 5.74) is 3.02. The molecule has 0 unspecified atom stereocenters. The first-order valence-electron chi connectivity index (χ1n) is 7.83. The minimum atomic E-state index is 0.0470. The van der Waals surface area contributed by atoms with Crippen molar-refractivity contribution < 1.29 is 4.79 Å². The normalized spacial score (nSPS) is 16.9. The fraction of sp³-hybridized carbons (Fsp3) is 0.412. The topological polar surface area (TPSA) is 67.8 Å². The van der Waals surface area contributed by atoms with E-state index in [0.717, 1.165) is 42.5 Å². The molecule has 5 nitrogen and oxygen atoms in total. The van der Waals surface area contributed by atoms with Crippen LogP contribution in [-0.2, 0) is 11.2 Å². The van der Waals surface area contributed by atoms with Gasteiger partial charge in [-0.25, -0.2) is 9.97 Å². The van der Waals surface area contributed by atoms with Crippen LogP contribution in [-0.4, -0.2) is 20.9 Å². The molecule has 0 bridgehead atoms. The van der Waals surface area contributed by atoms with Crippen LogP contribution in [0.15, 0.2) is 30.7 Å². The van der Waals surface area contributed by atoms with Crippen molar-refractivity contribution in [3.8, 4) is 11.4 Å². The Morgan fingerprint density at radius 3 is 3.09 bits per heavy atom. The van der Waals surface area contributed by atoms with Crippen LogP contribution in [0.25, 0.3) is 11.4 Å². The van der Waals surface area contributed by atoms with Crippen LogP contribution in [0.5, 0.6) is 0 Å². The zero-order chi connectivity index (χ0) is 15.4. The molecule has 5 heteroatoms. The van der Waals surface area contributed by atoms with Crippen molar-refractivity contribution in [2.75, 3.05) is 0 Å². The van der Waals surface area contributed by atoms with Crippen LogP contribution in [0.2, 0.25) is 0 Å². The molecular weight excluding hydrogens is 276 g/mol. The average molecular weight is 296 g/mol. The van der Waals surface area contributed by atoms with E-state index in [4.69, 9.17) is 0 Å². The molecule has 0 aliphatic heterocycles. The maximum absolute atomic E-state index is 11.8. The van der Waals surface area contributed by atoms with E-state index in [1.807, 2.05) is 25.3 Å². The van der Waals surface area contributed by atoms with E-state index in [0.29, 0.717) is 12.2 Å². The number of pyridine rings is 1. The molecular formula is C17H20N4O. The van der Waals surface area contributed by atoms with Gasteiger partial charge in [0.15, 0.2) is 5.82 Å². The first kappa shape index (κ1) is 14.6. The number of hydrogen-bond donors (Lipinski definition) is 1. The van der Waals surface area contributed by atoms with Gasteiger partial charge in [0.1, 0.15) is 0 Å². The molecule has 2 aromatic rings. The predicted molar refractivity (Wildman–Crippen MR) is 84.0 cm³/mol. The van der Waals surface area contributed by atoms with Crippen molar-refractivity contribution in [1.29, 1.82) is 0 Å². The van der Waals surface area contributed by atoms with Gasteiger partial charge in [0, 0.05) is 41.8 Å². The van der Waals surface area contributed by atoms with Gasteiger partial charge in [0.05, 0.1) is 6.04 Å². The molecule has 0 spiro atoms. The summed E-state index contributed by atoms with van der Waals surface area (Å²) in [4.78, 5) is 25.1. The molecule has 1 amide bonds. The molecule has 0 aromatic carbocycles. The summed E-state index contributed by atoms with van der Waals surface area (Å²) in [6, 6.07) is 3.88. The predicted octanol–water partition coefficient (Wildman–Crippen LogP) is 2.83. The Morgan fingerprint density at radius 2 is 2.32 bits per heavy atom. The Labute approximate surface area is 130 Å². The third kappa shape index (κ3) is 3.13. The average Bonchev–Trinajstić information content (AvgIpc) is 2.56. The van der Waals surface area contributed by atoms with E-state index in [2.05, 4.69) is 20.3 Å². The number of aromatic nitrogens is 3. The number of aryl methyl sites for hydroxylation is 1. The van der Waals surface area contributed by atoms with E-state index in [9.17, 15) is 4.79 Å². The van der Waals surface area contributed by atoms with Gasteiger partial charge >= 0.3 is 0 Å². The monoisotopic (exact) mass is 296 g/mol. The number of hydrogen-bond acceptors (Lipinski definition) is 4. The third-order valence-corrected chi connectivity index (χ3v) is 3.91. The van der Waals surface area contributed by atoms with Crippen molar-refractivity contribution in [2.45, 2.75) is 45.1 Å². The molecule has 2 heterocycles. The van der Waals surface area contributed by atoms with E-state index >= 15 is 0 Å². The Kier molecular flexibility index (Phi) is 4.42. The lowest BCUT2D eigenvalue weighted by atomic mass is 9.92. The first-order chi connectivity index (χ1) is 10.8. The summed E-state index contributed by atoms with van der Waals surface area (Å²) in [7, 11) is 0. The fourth-order valence-corrected chi connectivity index (χ4v) is 2.82. The summed E-state index contributed by atoms with van der Waals surface area (Å²) >= 11 is 0. The summed E-state index contributed by atoms with van der Waals surface area (Å²) in [5.74, 6) is 0.809. The fourth-order valence-electron chi connectivity index (χ4n) is 2.82. The Bertz CT molecular complexity index is 657. The number of nitrogens with zero attached hydrogens (tertiary/aromatic N) is 3. The first-order valence-corrected chi connectivity index (χ1v) is 7.83. The van der Waals surface area contributed by atoms with Crippen LogP contribution in [0.3, 0.4) is 0 Å². The molecule has 1 atom stereocenters. The van der Waals surface area contributed by atoms with Crippen molar-refractivity contribution in [3.05, 3.63) is 42.0 Å². The van der Waals surface area contributed by atoms with Gasteiger partial charge in [0.25, 0.3) is 0 Å². The maximum Gasteiger partial charge on any atom is 0.220 e. The summed E-state index contributed by atoms with van der Waals surface area (Å²) < 4.78 is 0. The molecule has 1 aliphatic rings. The largest absolute Gasteiger partial charge is 0.349 e. The van der Waals surface area contributed by atoms with Gasteiger partial charge in [-0.05, 0) is 37.8 Å². The minimum Gasteiger partial charge on any atom is -0.349 e. The molecule has 0 saturated heterocycles. The highest BCUT2D eigenvalue weighted by atomic mass is 16.1. The van der Waals surface area contributed by atoms with Gasteiger partial charge in [-0.3, -0.25) is 9.78 Å². The second-order valence-electron chi connectivity index (χ2n) is 5.60. The molecule has 22 heavy (non-hydrogen) atoms. The molecule has 114 valence electrons. The molecule has 0 radical (unpaired) electrons. The van der Waals surface area contributed by atoms with E-state index in [-0.39, 0.29) is 11.9 Å². The lowest BCUT2D eigenvalue weighted by molar-refractivity contribution is -0.122. The van der Waals surface area contributed by atoms with Crippen LogP contribution in [0.1, 0.15) is 49.9 Å². The number of fused-ring (bicyclic) bond motifs is 1. The van der Waals surface area contributed by atoms with E-state index in [1.54, 1.807) is 12.4 Å². The summed E-state index contributed by atoms with van der Waals surface area (Å²) in [6.45, 7) is 2.01. The lowest BCUT2D eigenvalue weighted by Crippen LogP contribution is -2.31. The molecule has 0 saturated carbocycles. The highest BCUT2D eigenvalue weighted by Crippen LogP contribution is 2.29. The van der Waals surface area contributed by atoms with E-state index in [1.165, 1.54) is 0 Å². The number of carbonyl (C=O) groups excluding carboxylic acids is 1. The SMILES string of the molecule is CCCC(=O)N[C@H]1CCCc2nc(-c3cccnc3)ncc21. The zero-order valence-corrected chi connectivity index (χ0v) is 12.7. The Balaban J connectivity index is 1.85.